The molecule has 0 saturated carbocycles. The van der Waals surface area contributed by atoms with Crippen LogP contribution in [0, 0.1) is 11.8 Å². The van der Waals surface area contributed by atoms with Crippen molar-refractivity contribution >= 4 is 16.8 Å². The number of rotatable bonds is 7. The third kappa shape index (κ3) is 4.14. The molecule has 1 amide bonds. The van der Waals surface area contributed by atoms with E-state index < -0.39 is 0 Å². The van der Waals surface area contributed by atoms with Crippen molar-refractivity contribution in [3.63, 3.8) is 0 Å². The van der Waals surface area contributed by atoms with E-state index in [4.69, 9.17) is 4.98 Å². The second-order valence-electron chi connectivity index (χ2n) is 7.58. The lowest BCUT2D eigenvalue weighted by Gasteiger charge is -2.32. The normalized spacial score (nSPS) is 12.8. The number of aromatic nitrogens is 2. The molecule has 0 N–H and O–H groups in total. The molecule has 0 fully saturated rings. The zero-order valence-corrected chi connectivity index (χ0v) is 16.8. The van der Waals surface area contributed by atoms with Gasteiger partial charge < -0.3 is 4.90 Å². The molecule has 0 aliphatic heterocycles. The predicted octanol–water partition coefficient (Wildman–Crippen LogP) is 4.01. The molecule has 1 aromatic carbocycles. The Balaban J connectivity index is 2.54. The second kappa shape index (κ2) is 8.47. The number of fused-ring (bicyclic) bond motifs is 1. The van der Waals surface area contributed by atoms with Gasteiger partial charge in [0.2, 0.25) is 5.91 Å². The molecule has 26 heavy (non-hydrogen) atoms. The Morgan fingerprint density at radius 2 is 1.81 bits per heavy atom. The van der Waals surface area contributed by atoms with Gasteiger partial charge in [-0.25, -0.2) is 4.98 Å². The van der Waals surface area contributed by atoms with Gasteiger partial charge in [-0.05, 0) is 38.3 Å². The highest BCUT2D eigenvalue weighted by atomic mass is 16.2. The van der Waals surface area contributed by atoms with E-state index in [1.165, 1.54) is 0 Å². The van der Waals surface area contributed by atoms with E-state index in [-0.39, 0.29) is 23.4 Å². The van der Waals surface area contributed by atoms with Crippen molar-refractivity contribution < 1.29 is 4.79 Å². The van der Waals surface area contributed by atoms with Crippen LogP contribution in [0.1, 0.15) is 59.8 Å². The van der Waals surface area contributed by atoms with Crippen LogP contribution in [0.2, 0.25) is 0 Å². The first-order valence-electron chi connectivity index (χ1n) is 9.57. The first-order chi connectivity index (χ1) is 12.3. The maximum Gasteiger partial charge on any atom is 0.261 e. The van der Waals surface area contributed by atoms with E-state index in [1.807, 2.05) is 50.8 Å². The van der Waals surface area contributed by atoms with Gasteiger partial charge in [0, 0.05) is 19.0 Å². The Morgan fingerprint density at radius 3 is 2.38 bits per heavy atom. The van der Waals surface area contributed by atoms with Gasteiger partial charge in [0.15, 0.2) is 0 Å². The Labute approximate surface area is 156 Å². The van der Waals surface area contributed by atoms with E-state index in [9.17, 15) is 9.59 Å². The van der Waals surface area contributed by atoms with Gasteiger partial charge in [-0.3, -0.25) is 14.2 Å². The van der Waals surface area contributed by atoms with Crippen molar-refractivity contribution in [1.29, 1.82) is 0 Å². The highest BCUT2D eigenvalue weighted by molar-refractivity contribution is 5.79. The molecule has 5 heteroatoms. The number of carbonyl (C=O) groups is 1. The van der Waals surface area contributed by atoms with Crippen molar-refractivity contribution in [1.82, 2.24) is 14.5 Å². The monoisotopic (exact) mass is 357 g/mol. The van der Waals surface area contributed by atoms with E-state index in [1.54, 1.807) is 10.6 Å². The average molecular weight is 357 g/mol. The molecule has 2 rings (SSSR count). The number of hydrogen-bond donors (Lipinski definition) is 0. The summed E-state index contributed by atoms with van der Waals surface area (Å²) in [5, 5.41) is 0.620. The number of carbonyl (C=O) groups excluding carboxylic acids is 1. The van der Waals surface area contributed by atoms with Crippen LogP contribution in [-0.4, -0.2) is 26.9 Å². The van der Waals surface area contributed by atoms with Crippen molar-refractivity contribution in [3.8, 4) is 0 Å². The molecule has 0 spiro atoms. The lowest BCUT2D eigenvalue weighted by Crippen LogP contribution is -2.40. The summed E-state index contributed by atoms with van der Waals surface area (Å²) >= 11 is 0. The van der Waals surface area contributed by atoms with Crippen LogP contribution in [0.5, 0.6) is 0 Å². The predicted molar refractivity (Wildman–Crippen MR) is 106 cm³/mol. The smallest absolute Gasteiger partial charge is 0.261 e. The van der Waals surface area contributed by atoms with Crippen molar-refractivity contribution in [2.75, 3.05) is 6.54 Å². The van der Waals surface area contributed by atoms with Gasteiger partial charge in [0.25, 0.3) is 5.56 Å². The molecule has 1 heterocycles. The topological polar surface area (TPSA) is 55.2 Å². The fourth-order valence-corrected chi connectivity index (χ4v) is 3.17. The molecule has 0 bridgehead atoms. The van der Waals surface area contributed by atoms with Gasteiger partial charge in [0.05, 0.1) is 16.9 Å². The summed E-state index contributed by atoms with van der Waals surface area (Å²) in [6, 6.07) is 7.15. The molecule has 0 aliphatic carbocycles. The lowest BCUT2D eigenvalue weighted by atomic mass is 10.1. The first-order valence-corrected chi connectivity index (χ1v) is 9.57. The summed E-state index contributed by atoms with van der Waals surface area (Å²) in [7, 11) is 0. The molecule has 1 unspecified atom stereocenters. The molecular weight excluding hydrogens is 326 g/mol. The minimum Gasteiger partial charge on any atom is -0.333 e. The average Bonchev–Trinajstić information content (AvgIpc) is 2.61. The quantitative estimate of drug-likeness (QED) is 0.752. The van der Waals surface area contributed by atoms with Gasteiger partial charge in [0.1, 0.15) is 5.82 Å². The standard InChI is InChI=1S/C21H31N3O2/c1-7-23-19(22-18-11-9-8-10-17(18)21(23)26)16(6)24(13-12-14(2)3)20(25)15(4)5/h8-11,14-16H,7,12-13H2,1-6H3. The van der Waals surface area contributed by atoms with Gasteiger partial charge in [-0.15, -0.1) is 0 Å². The summed E-state index contributed by atoms with van der Waals surface area (Å²) in [6.45, 7) is 13.3. The Kier molecular flexibility index (Phi) is 6.57. The Hall–Kier alpha value is -2.17. The van der Waals surface area contributed by atoms with Crippen LogP contribution in [-0.2, 0) is 11.3 Å². The fourth-order valence-electron chi connectivity index (χ4n) is 3.17. The summed E-state index contributed by atoms with van der Waals surface area (Å²) in [4.78, 5) is 32.4. The lowest BCUT2D eigenvalue weighted by molar-refractivity contribution is -0.137. The number of nitrogens with zero attached hydrogens (tertiary/aromatic N) is 3. The van der Waals surface area contributed by atoms with Crippen LogP contribution >= 0.6 is 0 Å². The molecule has 142 valence electrons. The Morgan fingerprint density at radius 1 is 1.15 bits per heavy atom. The fraction of sp³-hybridized carbons (Fsp3) is 0.571. The summed E-state index contributed by atoms with van der Waals surface area (Å²) in [6.07, 6.45) is 0.923. The molecular formula is C21H31N3O2. The summed E-state index contributed by atoms with van der Waals surface area (Å²) in [5.41, 5.74) is 0.644. The van der Waals surface area contributed by atoms with Crippen molar-refractivity contribution in [3.05, 3.63) is 40.4 Å². The molecule has 0 aliphatic rings. The van der Waals surface area contributed by atoms with E-state index in [2.05, 4.69) is 13.8 Å². The molecule has 5 nitrogen and oxygen atoms in total. The zero-order valence-electron chi connectivity index (χ0n) is 16.8. The number of amides is 1. The van der Waals surface area contributed by atoms with Crippen molar-refractivity contribution in [2.45, 2.75) is 60.5 Å². The minimum atomic E-state index is -0.249. The number of hydrogen-bond acceptors (Lipinski definition) is 3. The molecule has 0 radical (unpaired) electrons. The SMILES string of the molecule is CCn1c(C(C)N(CCC(C)C)C(=O)C(C)C)nc2ccccc2c1=O. The maximum atomic E-state index is 12.9. The molecule has 0 saturated heterocycles. The number of benzene rings is 1. The highest BCUT2D eigenvalue weighted by Crippen LogP contribution is 2.23. The third-order valence-electron chi connectivity index (χ3n) is 4.77. The summed E-state index contributed by atoms with van der Waals surface area (Å²) < 4.78 is 1.70. The van der Waals surface area contributed by atoms with E-state index in [0.29, 0.717) is 35.7 Å². The molecule has 1 aromatic heterocycles. The highest BCUT2D eigenvalue weighted by Gasteiger charge is 2.27. The number of para-hydroxylation sites is 1. The van der Waals surface area contributed by atoms with Gasteiger partial charge >= 0.3 is 0 Å². The van der Waals surface area contributed by atoms with Crippen LogP contribution in [0.4, 0.5) is 0 Å². The van der Waals surface area contributed by atoms with Crippen LogP contribution in [0.3, 0.4) is 0 Å². The van der Waals surface area contributed by atoms with Gasteiger partial charge in [-0.1, -0.05) is 39.8 Å². The maximum absolute atomic E-state index is 12.9. The third-order valence-corrected chi connectivity index (χ3v) is 4.77. The van der Waals surface area contributed by atoms with Crippen LogP contribution in [0.25, 0.3) is 10.9 Å². The largest absolute Gasteiger partial charge is 0.333 e. The van der Waals surface area contributed by atoms with Crippen LogP contribution in [0.15, 0.2) is 29.1 Å². The first kappa shape index (κ1) is 20.1. The Bertz CT molecular complexity index is 824. The molecule has 1 atom stereocenters. The minimum absolute atomic E-state index is 0.0410. The zero-order chi connectivity index (χ0) is 19.4. The van der Waals surface area contributed by atoms with E-state index in [0.717, 1.165) is 6.42 Å². The van der Waals surface area contributed by atoms with E-state index >= 15 is 0 Å². The van der Waals surface area contributed by atoms with Gasteiger partial charge in [-0.2, -0.15) is 0 Å². The second-order valence-corrected chi connectivity index (χ2v) is 7.58. The summed E-state index contributed by atoms with van der Waals surface area (Å²) in [5.74, 6) is 1.17. The molecule has 2 aromatic rings. The van der Waals surface area contributed by atoms with Crippen molar-refractivity contribution in [2.24, 2.45) is 11.8 Å². The van der Waals surface area contributed by atoms with Crippen LogP contribution < -0.4 is 5.56 Å².